The molecule has 0 bridgehead atoms. The second-order valence-corrected chi connectivity index (χ2v) is 6.87. The molecule has 0 spiro atoms. The summed E-state index contributed by atoms with van der Waals surface area (Å²) in [6, 6.07) is 8.39. The van der Waals surface area contributed by atoms with E-state index in [1.165, 1.54) is 12.3 Å². The van der Waals surface area contributed by atoms with Crippen molar-refractivity contribution in [1.82, 2.24) is 9.88 Å². The molecule has 1 aromatic heterocycles. The Morgan fingerprint density at radius 3 is 2.46 bits per heavy atom. The summed E-state index contributed by atoms with van der Waals surface area (Å²) in [6.45, 7) is 2.86. The van der Waals surface area contributed by atoms with Crippen LogP contribution in [-0.4, -0.2) is 46.1 Å². The molecular weight excluding hydrogens is 397 g/mol. The third-order valence-electron chi connectivity index (χ3n) is 4.00. The third kappa shape index (κ3) is 4.32. The first-order valence-corrected chi connectivity index (χ1v) is 8.97. The van der Waals surface area contributed by atoms with Crippen LogP contribution < -0.4 is 10.2 Å². The Hall–Kier alpha value is -2.16. The maximum absolute atomic E-state index is 10.7. The first kappa shape index (κ1) is 18.6. The number of thiocarbonyl (C=S) groups is 1. The van der Waals surface area contributed by atoms with Gasteiger partial charge < -0.3 is 15.1 Å². The molecule has 1 saturated heterocycles. The molecule has 1 aromatic carbocycles. The third-order valence-corrected chi connectivity index (χ3v) is 5.10. The SMILES string of the molecule is O=[N+]([O-])c1ccc(N2CCN(C(=S)Nc3ccc(Cl)c(Cl)c3)CC2)nc1. The van der Waals surface area contributed by atoms with Gasteiger partial charge in [-0.05, 0) is 36.5 Å². The number of piperazine rings is 1. The van der Waals surface area contributed by atoms with Crippen molar-refractivity contribution in [2.45, 2.75) is 0 Å². The zero-order valence-electron chi connectivity index (χ0n) is 13.6. The van der Waals surface area contributed by atoms with Crippen LogP contribution in [0, 0.1) is 10.1 Å². The summed E-state index contributed by atoms with van der Waals surface area (Å²) in [6.07, 6.45) is 1.28. The molecule has 1 aliphatic heterocycles. The molecule has 0 unspecified atom stereocenters. The highest BCUT2D eigenvalue weighted by Gasteiger charge is 2.20. The average Bonchev–Trinajstić information content (AvgIpc) is 2.65. The van der Waals surface area contributed by atoms with Crippen LogP contribution in [0.2, 0.25) is 10.0 Å². The van der Waals surface area contributed by atoms with Crippen molar-refractivity contribution >= 4 is 57.7 Å². The van der Waals surface area contributed by atoms with E-state index in [2.05, 4.69) is 20.1 Å². The van der Waals surface area contributed by atoms with Crippen molar-refractivity contribution in [3.8, 4) is 0 Å². The number of rotatable bonds is 3. The maximum atomic E-state index is 10.7. The van der Waals surface area contributed by atoms with Gasteiger partial charge in [-0.2, -0.15) is 0 Å². The van der Waals surface area contributed by atoms with Crippen LogP contribution in [0.25, 0.3) is 0 Å². The number of aromatic nitrogens is 1. The molecule has 3 rings (SSSR count). The molecule has 2 aromatic rings. The van der Waals surface area contributed by atoms with E-state index in [-0.39, 0.29) is 5.69 Å². The zero-order valence-corrected chi connectivity index (χ0v) is 15.9. The fourth-order valence-electron chi connectivity index (χ4n) is 2.59. The lowest BCUT2D eigenvalue weighted by atomic mass is 10.3. The van der Waals surface area contributed by atoms with Crippen LogP contribution in [0.15, 0.2) is 36.5 Å². The highest BCUT2D eigenvalue weighted by Crippen LogP contribution is 2.25. The number of hydrogen-bond acceptors (Lipinski definition) is 5. The summed E-state index contributed by atoms with van der Waals surface area (Å²) in [5.74, 6) is 0.721. The van der Waals surface area contributed by atoms with Gasteiger partial charge in [0, 0.05) is 37.9 Å². The van der Waals surface area contributed by atoms with Crippen LogP contribution in [0.5, 0.6) is 0 Å². The van der Waals surface area contributed by atoms with Crippen molar-refractivity contribution in [2.75, 3.05) is 36.4 Å². The summed E-state index contributed by atoms with van der Waals surface area (Å²) in [4.78, 5) is 18.5. The van der Waals surface area contributed by atoms with Crippen LogP contribution in [-0.2, 0) is 0 Å². The standard InChI is InChI=1S/C16H15Cl2N5O2S/c17-13-3-1-11(9-14(13)18)20-16(26)22-7-5-21(6-8-22)15-4-2-12(10-19-15)23(24)25/h1-4,9-10H,5-8H2,(H,20,26). The minimum Gasteiger partial charge on any atom is -0.353 e. The van der Waals surface area contributed by atoms with Crippen molar-refractivity contribution in [3.63, 3.8) is 0 Å². The molecule has 26 heavy (non-hydrogen) atoms. The Morgan fingerprint density at radius 2 is 1.88 bits per heavy atom. The molecule has 0 aliphatic carbocycles. The normalized spacial score (nSPS) is 14.2. The molecule has 1 N–H and O–H groups in total. The van der Waals surface area contributed by atoms with Crippen LogP contribution >= 0.6 is 35.4 Å². The van der Waals surface area contributed by atoms with Gasteiger partial charge in [-0.25, -0.2) is 4.98 Å². The highest BCUT2D eigenvalue weighted by atomic mass is 35.5. The summed E-state index contributed by atoms with van der Waals surface area (Å²) < 4.78 is 0. The van der Waals surface area contributed by atoms with Gasteiger partial charge in [-0.3, -0.25) is 10.1 Å². The number of benzene rings is 1. The second kappa shape index (κ2) is 8.03. The molecule has 0 atom stereocenters. The van der Waals surface area contributed by atoms with E-state index in [0.29, 0.717) is 41.3 Å². The second-order valence-electron chi connectivity index (χ2n) is 5.66. The Labute approximate surface area is 165 Å². The van der Waals surface area contributed by atoms with Crippen molar-refractivity contribution in [1.29, 1.82) is 0 Å². The highest BCUT2D eigenvalue weighted by molar-refractivity contribution is 7.80. The quantitative estimate of drug-likeness (QED) is 0.467. The molecule has 2 heterocycles. The fraction of sp³-hybridized carbons (Fsp3) is 0.250. The van der Waals surface area contributed by atoms with Crippen molar-refractivity contribution in [2.24, 2.45) is 0 Å². The van der Waals surface area contributed by atoms with Gasteiger partial charge in [0.15, 0.2) is 5.11 Å². The molecule has 0 radical (unpaired) electrons. The molecule has 1 fully saturated rings. The van der Waals surface area contributed by atoms with Crippen molar-refractivity contribution < 1.29 is 4.92 Å². The van der Waals surface area contributed by atoms with Gasteiger partial charge in [0.05, 0.1) is 15.0 Å². The van der Waals surface area contributed by atoms with Crippen molar-refractivity contribution in [3.05, 3.63) is 56.7 Å². The fourth-order valence-corrected chi connectivity index (χ4v) is 3.19. The number of nitrogens with zero attached hydrogens (tertiary/aromatic N) is 4. The minimum absolute atomic E-state index is 0.0145. The Bertz CT molecular complexity index is 826. The monoisotopic (exact) mass is 411 g/mol. The van der Waals surface area contributed by atoms with Gasteiger partial charge >= 0.3 is 0 Å². The van der Waals surface area contributed by atoms with E-state index in [9.17, 15) is 10.1 Å². The van der Waals surface area contributed by atoms with E-state index in [0.717, 1.165) is 11.5 Å². The van der Waals surface area contributed by atoms with Gasteiger partial charge in [0.25, 0.3) is 5.69 Å². The molecule has 7 nitrogen and oxygen atoms in total. The largest absolute Gasteiger partial charge is 0.353 e. The molecular formula is C16H15Cl2N5O2S. The first-order valence-electron chi connectivity index (χ1n) is 7.80. The lowest BCUT2D eigenvalue weighted by Crippen LogP contribution is -2.50. The first-order chi connectivity index (χ1) is 12.4. The molecule has 0 saturated carbocycles. The Balaban J connectivity index is 1.56. The maximum Gasteiger partial charge on any atom is 0.287 e. The summed E-state index contributed by atoms with van der Waals surface area (Å²) in [5, 5.41) is 15.4. The van der Waals surface area contributed by atoms with Crippen LogP contribution in [0.4, 0.5) is 17.2 Å². The summed E-state index contributed by atoms with van der Waals surface area (Å²) >= 11 is 17.4. The molecule has 1 aliphatic rings. The molecule has 136 valence electrons. The Morgan fingerprint density at radius 1 is 1.15 bits per heavy atom. The van der Waals surface area contributed by atoms with E-state index in [1.54, 1.807) is 18.2 Å². The average molecular weight is 412 g/mol. The van der Waals surface area contributed by atoms with E-state index >= 15 is 0 Å². The van der Waals surface area contributed by atoms with E-state index < -0.39 is 4.92 Å². The van der Waals surface area contributed by atoms with E-state index in [1.807, 2.05) is 6.07 Å². The van der Waals surface area contributed by atoms with Gasteiger partial charge in [0.1, 0.15) is 12.0 Å². The smallest absolute Gasteiger partial charge is 0.287 e. The molecule has 0 amide bonds. The van der Waals surface area contributed by atoms with Gasteiger partial charge in [0.2, 0.25) is 0 Å². The van der Waals surface area contributed by atoms with Gasteiger partial charge in [-0.15, -0.1) is 0 Å². The zero-order chi connectivity index (χ0) is 18.7. The number of nitrogens with one attached hydrogen (secondary N) is 1. The topological polar surface area (TPSA) is 74.5 Å². The predicted molar refractivity (Wildman–Crippen MR) is 107 cm³/mol. The lowest BCUT2D eigenvalue weighted by Gasteiger charge is -2.36. The van der Waals surface area contributed by atoms with Gasteiger partial charge in [-0.1, -0.05) is 23.2 Å². The number of anilines is 2. The predicted octanol–water partition coefficient (Wildman–Crippen LogP) is 3.82. The summed E-state index contributed by atoms with van der Waals surface area (Å²) in [5.41, 5.74) is 0.767. The Kier molecular flexibility index (Phi) is 5.75. The summed E-state index contributed by atoms with van der Waals surface area (Å²) in [7, 11) is 0. The van der Waals surface area contributed by atoms with Crippen LogP contribution in [0.1, 0.15) is 0 Å². The number of halogens is 2. The molecule has 10 heteroatoms. The lowest BCUT2D eigenvalue weighted by molar-refractivity contribution is -0.385. The van der Waals surface area contributed by atoms with E-state index in [4.69, 9.17) is 35.4 Å². The minimum atomic E-state index is -0.457. The van der Waals surface area contributed by atoms with Crippen LogP contribution in [0.3, 0.4) is 0 Å². The number of pyridine rings is 1. The number of nitro groups is 1. The number of hydrogen-bond donors (Lipinski definition) is 1.